The van der Waals surface area contributed by atoms with Crippen LogP contribution in [-0.4, -0.2) is 49.7 Å². The van der Waals surface area contributed by atoms with E-state index in [2.05, 4.69) is 17.1 Å². The summed E-state index contributed by atoms with van der Waals surface area (Å²) >= 11 is 0. The molecule has 1 amide bonds. The number of rotatable bonds is 7. The highest BCUT2D eigenvalue weighted by atomic mass is 19.1. The Morgan fingerprint density at radius 2 is 1.96 bits per heavy atom. The Bertz CT molecular complexity index is 745. The lowest BCUT2D eigenvalue weighted by molar-refractivity contribution is 0.0204. The number of nitrogens with zero attached hydrogens (tertiary/aromatic N) is 1. The zero-order valence-corrected chi connectivity index (χ0v) is 15.5. The number of morpholine rings is 1. The van der Waals surface area contributed by atoms with Gasteiger partial charge < -0.3 is 14.8 Å². The van der Waals surface area contributed by atoms with Crippen LogP contribution in [0, 0.1) is 5.82 Å². The largest absolute Gasteiger partial charge is 0.489 e. The molecule has 6 heteroatoms. The Kier molecular flexibility index (Phi) is 6.79. The van der Waals surface area contributed by atoms with Crippen molar-refractivity contribution in [2.24, 2.45) is 0 Å². The third-order valence-electron chi connectivity index (χ3n) is 4.64. The van der Waals surface area contributed by atoms with Crippen molar-refractivity contribution in [3.63, 3.8) is 0 Å². The van der Waals surface area contributed by atoms with Gasteiger partial charge in [0.25, 0.3) is 5.91 Å². The summed E-state index contributed by atoms with van der Waals surface area (Å²) in [6.45, 7) is 6.28. The van der Waals surface area contributed by atoms with Crippen LogP contribution in [0.5, 0.6) is 5.75 Å². The molecule has 2 aromatic carbocycles. The lowest BCUT2D eigenvalue weighted by Gasteiger charge is -2.32. The number of ether oxygens (including phenoxy) is 2. The number of carbonyl (C=O) groups is 1. The van der Waals surface area contributed by atoms with E-state index in [1.807, 2.05) is 0 Å². The highest BCUT2D eigenvalue weighted by Crippen LogP contribution is 2.16. The highest BCUT2D eigenvalue weighted by molar-refractivity contribution is 5.94. The molecule has 2 aromatic rings. The molecule has 1 heterocycles. The van der Waals surface area contributed by atoms with E-state index in [0.29, 0.717) is 24.5 Å². The Balaban J connectivity index is 1.51. The van der Waals surface area contributed by atoms with Gasteiger partial charge in [-0.3, -0.25) is 9.69 Å². The third-order valence-corrected chi connectivity index (χ3v) is 4.64. The second kappa shape index (κ2) is 9.48. The summed E-state index contributed by atoms with van der Waals surface area (Å²) in [5.74, 6) is 0.208. The predicted octanol–water partition coefficient (Wildman–Crippen LogP) is 2.86. The molecule has 1 fully saturated rings. The first kappa shape index (κ1) is 19.3. The topological polar surface area (TPSA) is 50.8 Å². The summed E-state index contributed by atoms with van der Waals surface area (Å²) in [5.41, 5.74) is 1.42. The minimum atomic E-state index is -0.274. The molecular weight excluding hydrogens is 347 g/mol. The number of hydrogen-bond acceptors (Lipinski definition) is 4. The molecule has 1 aliphatic heterocycles. The minimum Gasteiger partial charge on any atom is -0.489 e. The monoisotopic (exact) mass is 372 g/mol. The van der Waals surface area contributed by atoms with Crippen molar-refractivity contribution in [3.05, 3.63) is 65.5 Å². The Hall–Kier alpha value is -2.44. The van der Waals surface area contributed by atoms with E-state index < -0.39 is 0 Å². The SMILES string of the molecule is CC(CNC(=O)c1cccc(OCc2ccc(F)cc2)c1)N1CCOCC1. The molecule has 27 heavy (non-hydrogen) atoms. The summed E-state index contributed by atoms with van der Waals surface area (Å²) in [4.78, 5) is 14.8. The van der Waals surface area contributed by atoms with E-state index in [4.69, 9.17) is 9.47 Å². The maximum absolute atomic E-state index is 12.9. The zero-order valence-electron chi connectivity index (χ0n) is 15.5. The quantitative estimate of drug-likeness (QED) is 0.812. The van der Waals surface area contributed by atoms with Crippen molar-refractivity contribution in [1.29, 1.82) is 0 Å². The predicted molar refractivity (Wildman–Crippen MR) is 101 cm³/mol. The number of amides is 1. The standard InChI is InChI=1S/C21H25FN2O3/c1-16(24-9-11-26-12-10-24)14-23-21(25)18-3-2-4-20(13-18)27-15-17-5-7-19(22)8-6-17/h2-8,13,16H,9-12,14-15H2,1H3,(H,23,25). The van der Waals surface area contributed by atoms with Gasteiger partial charge in [-0.25, -0.2) is 4.39 Å². The van der Waals surface area contributed by atoms with Gasteiger partial charge >= 0.3 is 0 Å². The molecule has 5 nitrogen and oxygen atoms in total. The van der Waals surface area contributed by atoms with Crippen LogP contribution < -0.4 is 10.1 Å². The fraction of sp³-hybridized carbons (Fsp3) is 0.381. The molecule has 1 saturated heterocycles. The molecule has 0 aromatic heterocycles. The number of nitrogens with one attached hydrogen (secondary N) is 1. The van der Waals surface area contributed by atoms with Crippen LogP contribution in [0.3, 0.4) is 0 Å². The van der Waals surface area contributed by atoms with Crippen LogP contribution in [0.2, 0.25) is 0 Å². The molecule has 1 N–H and O–H groups in total. The van der Waals surface area contributed by atoms with Crippen molar-refractivity contribution in [3.8, 4) is 5.75 Å². The zero-order chi connectivity index (χ0) is 19.1. The fourth-order valence-corrected chi connectivity index (χ4v) is 2.96. The molecule has 3 rings (SSSR count). The third kappa shape index (κ3) is 5.77. The lowest BCUT2D eigenvalue weighted by atomic mass is 10.2. The molecule has 1 atom stereocenters. The van der Waals surface area contributed by atoms with E-state index in [1.54, 1.807) is 36.4 Å². The van der Waals surface area contributed by atoms with Gasteiger partial charge in [0, 0.05) is 31.2 Å². The minimum absolute atomic E-state index is 0.123. The number of hydrogen-bond donors (Lipinski definition) is 1. The lowest BCUT2D eigenvalue weighted by Crippen LogP contribution is -2.47. The summed E-state index contributed by atoms with van der Waals surface area (Å²) in [6, 6.07) is 13.5. The Labute approximate surface area is 159 Å². The molecule has 144 valence electrons. The number of benzene rings is 2. The van der Waals surface area contributed by atoms with Crippen LogP contribution in [0.1, 0.15) is 22.8 Å². The summed E-state index contributed by atoms with van der Waals surface area (Å²) in [6.07, 6.45) is 0. The van der Waals surface area contributed by atoms with E-state index in [-0.39, 0.29) is 17.8 Å². The molecule has 0 aliphatic carbocycles. The van der Waals surface area contributed by atoms with Gasteiger partial charge in [0.2, 0.25) is 0 Å². The van der Waals surface area contributed by atoms with Crippen molar-refractivity contribution in [1.82, 2.24) is 10.2 Å². The first-order chi connectivity index (χ1) is 13.1. The number of halogens is 1. The Morgan fingerprint density at radius 1 is 1.22 bits per heavy atom. The van der Waals surface area contributed by atoms with Crippen molar-refractivity contribution in [2.75, 3.05) is 32.8 Å². The van der Waals surface area contributed by atoms with Crippen LogP contribution in [0.15, 0.2) is 48.5 Å². The molecule has 1 aliphatic rings. The van der Waals surface area contributed by atoms with Gasteiger partial charge in [-0.1, -0.05) is 18.2 Å². The van der Waals surface area contributed by atoms with E-state index in [1.165, 1.54) is 12.1 Å². The van der Waals surface area contributed by atoms with Gasteiger partial charge in [-0.15, -0.1) is 0 Å². The van der Waals surface area contributed by atoms with Crippen molar-refractivity contribution in [2.45, 2.75) is 19.6 Å². The average Bonchev–Trinajstić information content (AvgIpc) is 2.72. The molecule has 1 unspecified atom stereocenters. The van der Waals surface area contributed by atoms with Gasteiger partial charge in [-0.2, -0.15) is 0 Å². The van der Waals surface area contributed by atoms with Crippen LogP contribution in [-0.2, 0) is 11.3 Å². The van der Waals surface area contributed by atoms with Crippen LogP contribution in [0.4, 0.5) is 4.39 Å². The first-order valence-electron chi connectivity index (χ1n) is 9.19. The molecule has 0 saturated carbocycles. The molecule has 0 bridgehead atoms. The average molecular weight is 372 g/mol. The summed E-state index contributed by atoms with van der Waals surface area (Å²) in [7, 11) is 0. The van der Waals surface area contributed by atoms with Crippen molar-refractivity contribution < 1.29 is 18.7 Å². The van der Waals surface area contributed by atoms with Crippen LogP contribution >= 0.6 is 0 Å². The summed E-state index contributed by atoms with van der Waals surface area (Å²) < 4.78 is 24.0. The van der Waals surface area contributed by atoms with Gasteiger partial charge in [-0.05, 0) is 42.8 Å². The smallest absolute Gasteiger partial charge is 0.251 e. The van der Waals surface area contributed by atoms with Gasteiger partial charge in [0.05, 0.1) is 13.2 Å². The molecular formula is C21H25FN2O3. The highest BCUT2D eigenvalue weighted by Gasteiger charge is 2.17. The summed E-state index contributed by atoms with van der Waals surface area (Å²) in [5, 5.41) is 2.98. The molecule has 0 spiro atoms. The second-order valence-corrected chi connectivity index (χ2v) is 6.65. The molecule has 0 radical (unpaired) electrons. The van der Waals surface area contributed by atoms with E-state index in [9.17, 15) is 9.18 Å². The first-order valence-corrected chi connectivity index (χ1v) is 9.19. The Morgan fingerprint density at radius 3 is 2.70 bits per heavy atom. The van der Waals surface area contributed by atoms with Gasteiger partial charge in [0.15, 0.2) is 0 Å². The maximum atomic E-state index is 12.9. The van der Waals surface area contributed by atoms with Crippen LogP contribution in [0.25, 0.3) is 0 Å². The van der Waals surface area contributed by atoms with Crippen molar-refractivity contribution >= 4 is 5.91 Å². The second-order valence-electron chi connectivity index (χ2n) is 6.65. The van der Waals surface area contributed by atoms with E-state index in [0.717, 1.165) is 31.9 Å². The normalized spacial score (nSPS) is 15.9. The fourth-order valence-electron chi connectivity index (χ4n) is 2.96. The number of carbonyl (C=O) groups excluding carboxylic acids is 1. The van der Waals surface area contributed by atoms with E-state index >= 15 is 0 Å². The maximum Gasteiger partial charge on any atom is 0.251 e. The van der Waals surface area contributed by atoms with Gasteiger partial charge in [0.1, 0.15) is 18.2 Å².